The Hall–Kier alpha value is -2.67. The molecule has 1 aliphatic heterocycles. The quantitative estimate of drug-likeness (QED) is 0.670. The van der Waals surface area contributed by atoms with Gasteiger partial charge in [0.1, 0.15) is 6.04 Å². The molecule has 0 radical (unpaired) electrons. The van der Waals surface area contributed by atoms with Crippen LogP contribution < -0.4 is 5.32 Å². The van der Waals surface area contributed by atoms with Crippen LogP contribution in [0, 0.1) is 0 Å². The van der Waals surface area contributed by atoms with Gasteiger partial charge in [-0.1, -0.05) is 49.7 Å². The minimum Gasteiger partial charge on any atom is -0.454 e. The van der Waals surface area contributed by atoms with Crippen LogP contribution in [0.25, 0.3) is 0 Å². The van der Waals surface area contributed by atoms with Gasteiger partial charge in [-0.3, -0.25) is 9.59 Å². The molecule has 1 N–H and O–H groups in total. The highest BCUT2D eigenvalue weighted by Gasteiger charge is 2.36. The number of ether oxygens (including phenoxy) is 1. The molecule has 2 heterocycles. The Morgan fingerprint density at radius 2 is 2.00 bits per heavy atom. The lowest BCUT2D eigenvalue weighted by Crippen LogP contribution is -2.42. The smallest absolute Gasteiger partial charge is 0.329 e. The van der Waals surface area contributed by atoms with E-state index in [0.29, 0.717) is 17.8 Å². The molecule has 6 nitrogen and oxygen atoms in total. The van der Waals surface area contributed by atoms with E-state index in [9.17, 15) is 14.4 Å². The molecule has 0 saturated carbocycles. The fraction of sp³-hybridized carbons (Fsp3) is 0.409. The lowest BCUT2D eigenvalue weighted by molar-refractivity contribution is -0.152. The van der Waals surface area contributed by atoms with E-state index in [1.165, 1.54) is 11.3 Å². The fourth-order valence-corrected chi connectivity index (χ4v) is 4.24. The summed E-state index contributed by atoms with van der Waals surface area (Å²) in [7, 11) is 0. The maximum atomic E-state index is 12.6. The highest BCUT2D eigenvalue weighted by molar-refractivity contribution is 7.12. The average molecular weight is 415 g/mol. The molecule has 2 atom stereocenters. The van der Waals surface area contributed by atoms with Crippen LogP contribution in [0.3, 0.4) is 0 Å². The first-order chi connectivity index (χ1) is 14.1. The first kappa shape index (κ1) is 21.0. The van der Waals surface area contributed by atoms with Crippen LogP contribution in [0.15, 0.2) is 47.8 Å². The lowest BCUT2D eigenvalue weighted by Gasteiger charge is -2.23. The Bertz CT molecular complexity index is 823. The third-order valence-corrected chi connectivity index (χ3v) is 5.84. The summed E-state index contributed by atoms with van der Waals surface area (Å²) in [6.07, 6.45) is 3.02. The van der Waals surface area contributed by atoms with E-state index in [4.69, 9.17) is 4.74 Å². The molecular formula is C22H26N2O4S. The second-order valence-electron chi connectivity index (χ2n) is 7.06. The molecule has 1 unspecified atom stereocenters. The van der Waals surface area contributed by atoms with Gasteiger partial charge in [-0.15, -0.1) is 11.3 Å². The number of benzene rings is 1. The molecule has 154 valence electrons. The third kappa shape index (κ3) is 5.44. The molecule has 2 aromatic rings. The average Bonchev–Trinajstić information content (AvgIpc) is 3.44. The van der Waals surface area contributed by atoms with Gasteiger partial charge in [-0.25, -0.2) is 4.79 Å². The molecule has 0 bridgehead atoms. The Labute approximate surface area is 174 Å². The van der Waals surface area contributed by atoms with E-state index in [0.717, 1.165) is 24.8 Å². The summed E-state index contributed by atoms with van der Waals surface area (Å²) < 4.78 is 5.26. The molecule has 2 amide bonds. The van der Waals surface area contributed by atoms with E-state index >= 15 is 0 Å². The fourth-order valence-electron chi connectivity index (χ4n) is 3.56. The zero-order valence-corrected chi connectivity index (χ0v) is 17.3. The second-order valence-corrected chi connectivity index (χ2v) is 8.01. The standard InChI is InChI=1S/C22H26N2O4S/c1-2-8-17(16-9-4-3-5-10-16)23-20(25)15-28-22(27)18-11-6-13-24(18)21(26)19-12-7-14-29-19/h3-5,7,9-10,12,14,17-18H,2,6,8,11,13,15H2,1H3,(H,23,25)/t17?,18-/m0/s1. The van der Waals surface area contributed by atoms with Crippen molar-refractivity contribution in [1.29, 1.82) is 0 Å². The molecule has 1 fully saturated rings. The van der Waals surface area contributed by atoms with Gasteiger partial charge in [-0.05, 0) is 36.3 Å². The predicted octanol–water partition coefficient (Wildman–Crippen LogP) is 3.55. The van der Waals surface area contributed by atoms with Gasteiger partial charge in [0.15, 0.2) is 6.61 Å². The zero-order chi connectivity index (χ0) is 20.6. The monoisotopic (exact) mass is 414 g/mol. The van der Waals surface area contributed by atoms with Crippen molar-refractivity contribution < 1.29 is 19.1 Å². The van der Waals surface area contributed by atoms with Gasteiger partial charge in [0, 0.05) is 6.54 Å². The minimum atomic E-state index is -0.627. The van der Waals surface area contributed by atoms with E-state index < -0.39 is 12.0 Å². The second kappa shape index (κ2) is 10.2. The number of hydrogen-bond acceptors (Lipinski definition) is 5. The van der Waals surface area contributed by atoms with Crippen molar-refractivity contribution in [2.75, 3.05) is 13.2 Å². The topological polar surface area (TPSA) is 75.7 Å². The molecule has 0 aliphatic carbocycles. The Kier molecular flexibility index (Phi) is 7.41. The lowest BCUT2D eigenvalue weighted by atomic mass is 10.0. The number of rotatable bonds is 8. The van der Waals surface area contributed by atoms with Crippen LogP contribution in [0.1, 0.15) is 53.9 Å². The molecular weight excluding hydrogens is 388 g/mol. The van der Waals surface area contributed by atoms with E-state index in [1.54, 1.807) is 11.0 Å². The van der Waals surface area contributed by atoms with Crippen molar-refractivity contribution in [1.82, 2.24) is 10.2 Å². The summed E-state index contributed by atoms with van der Waals surface area (Å²) in [6, 6.07) is 12.6. The summed E-state index contributed by atoms with van der Waals surface area (Å²) in [5.74, 6) is -1.01. The SMILES string of the molecule is CCCC(NC(=O)COC(=O)[C@@H]1CCCN1C(=O)c1cccs1)c1ccccc1. The number of carbonyl (C=O) groups is 3. The van der Waals surface area contributed by atoms with Gasteiger partial charge in [0.25, 0.3) is 11.8 Å². The summed E-state index contributed by atoms with van der Waals surface area (Å²) in [5.41, 5.74) is 1.03. The van der Waals surface area contributed by atoms with E-state index in [-0.39, 0.29) is 24.5 Å². The predicted molar refractivity (Wildman–Crippen MR) is 112 cm³/mol. The first-order valence-corrected chi connectivity index (χ1v) is 10.8. The third-order valence-electron chi connectivity index (χ3n) is 4.98. The van der Waals surface area contributed by atoms with E-state index in [2.05, 4.69) is 12.2 Å². The molecule has 3 rings (SSSR count). The number of thiophene rings is 1. The normalized spacial score (nSPS) is 17.0. The van der Waals surface area contributed by atoms with Crippen molar-refractivity contribution in [2.24, 2.45) is 0 Å². The van der Waals surface area contributed by atoms with Gasteiger partial charge in [0.2, 0.25) is 0 Å². The number of likely N-dealkylation sites (tertiary alicyclic amines) is 1. The molecule has 1 aromatic carbocycles. The molecule has 0 spiro atoms. The number of nitrogens with zero attached hydrogens (tertiary/aromatic N) is 1. The molecule has 29 heavy (non-hydrogen) atoms. The summed E-state index contributed by atoms with van der Waals surface area (Å²) >= 11 is 1.35. The molecule has 1 aromatic heterocycles. The van der Waals surface area contributed by atoms with Crippen molar-refractivity contribution in [3.05, 3.63) is 58.3 Å². The van der Waals surface area contributed by atoms with Crippen LogP contribution in [-0.2, 0) is 14.3 Å². The van der Waals surface area contributed by atoms with Crippen molar-refractivity contribution in [3.63, 3.8) is 0 Å². The van der Waals surface area contributed by atoms with Gasteiger partial charge >= 0.3 is 5.97 Å². The Morgan fingerprint density at radius 1 is 1.21 bits per heavy atom. The van der Waals surface area contributed by atoms with Crippen LogP contribution in [0.5, 0.6) is 0 Å². The Morgan fingerprint density at radius 3 is 2.69 bits per heavy atom. The highest BCUT2D eigenvalue weighted by Crippen LogP contribution is 2.23. The molecule has 7 heteroatoms. The number of amides is 2. The van der Waals surface area contributed by atoms with Gasteiger partial charge < -0.3 is 15.0 Å². The van der Waals surface area contributed by atoms with Gasteiger partial charge in [-0.2, -0.15) is 0 Å². The minimum absolute atomic E-state index is 0.115. The van der Waals surface area contributed by atoms with Gasteiger partial charge in [0.05, 0.1) is 10.9 Å². The molecule has 1 aliphatic rings. The zero-order valence-electron chi connectivity index (χ0n) is 16.5. The maximum Gasteiger partial charge on any atom is 0.329 e. The highest BCUT2D eigenvalue weighted by atomic mass is 32.1. The number of carbonyl (C=O) groups excluding carboxylic acids is 3. The van der Waals surface area contributed by atoms with Crippen molar-refractivity contribution in [2.45, 2.75) is 44.7 Å². The van der Waals surface area contributed by atoms with Crippen LogP contribution in [0.2, 0.25) is 0 Å². The number of nitrogens with one attached hydrogen (secondary N) is 1. The van der Waals surface area contributed by atoms with E-state index in [1.807, 2.05) is 41.8 Å². The summed E-state index contributed by atoms with van der Waals surface area (Å²) in [5, 5.41) is 4.78. The largest absolute Gasteiger partial charge is 0.454 e. The summed E-state index contributed by atoms with van der Waals surface area (Å²) in [6.45, 7) is 2.24. The summed E-state index contributed by atoms with van der Waals surface area (Å²) in [4.78, 5) is 39.6. The van der Waals surface area contributed by atoms with Crippen LogP contribution in [0.4, 0.5) is 0 Å². The first-order valence-electron chi connectivity index (χ1n) is 9.95. The van der Waals surface area contributed by atoms with Crippen LogP contribution in [-0.4, -0.2) is 41.9 Å². The number of hydrogen-bond donors (Lipinski definition) is 1. The van der Waals surface area contributed by atoms with Crippen LogP contribution >= 0.6 is 11.3 Å². The Balaban J connectivity index is 1.54. The maximum absolute atomic E-state index is 12.6. The molecule has 1 saturated heterocycles. The van der Waals surface area contributed by atoms with Crippen molar-refractivity contribution in [3.8, 4) is 0 Å². The van der Waals surface area contributed by atoms with Crippen molar-refractivity contribution >= 4 is 29.1 Å². The number of esters is 1.